The number of nitrogens with one attached hydrogen (secondary N) is 1. The second kappa shape index (κ2) is 9.76. The summed E-state index contributed by atoms with van der Waals surface area (Å²) in [4.78, 5) is 30.3. The van der Waals surface area contributed by atoms with E-state index in [0.29, 0.717) is 18.5 Å². The number of carbonyl (C=O) groups is 1. The summed E-state index contributed by atoms with van der Waals surface area (Å²) in [6.07, 6.45) is 5.91. The number of aromatic nitrogens is 3. The lowest BCUT2D eigenvalue weighted by molar-refractivity contribution is -0.141. The van der Waals surface area contributed by atoms with Gasteiger partial charge < -0.3 is 19.7 Å². The fourth-order valence-corrected chi connectivity index (χ4v) is 6.13. The number of hydrogen-bond donors (Lipinski definition) is 1. The zero-order valence-corrected chi connectivity index (χ0v) is 21.6. The minimum atomic E-state index is -2.59. The first-order valence-electron chi connectivity index (χ1n) is 13.5. The highest BCUT2D eigenvalue weighted by Gasteiger charge is 2.45. The maximum Gasteiger partial charge on any atom is 0.251 e. The summed E-state index contributed by atoms with van der Waals surface area (Å²) in [7, 11) is 0. The second-order valence-corrected chi connectivity index (χ2v) is 11.2. The lowest BCUT2D eigenvalue weighted by Gasteiger charge is -2.53. The number of anilines is 1. The molecule has 1 amide bonds. The Labute approximate surface area is 221 Å². The highest BCUT2D eigenvalue weighted by molar-refractivity contribution is 5.92. The monoisotopic (exact) mass is 520 g/mol. The van der Waals surface area contributed by atoms with Crippen molar-refractivity contribution >= 4 is 22.8 Å². The Morgan fingerprint density at radius 1 is 1.03 bits per heavy atom. The number of aromatic amines is 1. The molecule has 0 unspecified atom stereocenters. The van der Waals surface area contributed by atoms with Crippen LogP contribution in [0.3, 0.4) is 0 Å². The molecule has 3 aliphatic rings. The van der Waals surface area contributed by atoms with Crippen LogP contribution in [-0.2, 0) is 11.2 Å². The molecule has 7 nitrogen and oxygen atoms in total. The van der Waals surface area contributed by atoms with Gasteiger partial charge in [-0.1, -0.05) is 30.8 Å². The Morgan fingerprint density at radius 3 is 2.42 bits per heavy atom. The summed E-state index contributed by atoms with van der Waals surface area (Å²) < 4.78 is 27.3. The molecular formula is C29H34F2N6O. The average molecular weight is 521 g/mol. The molecule has 1 aromatic carbocycles. The van der Waals surface area contributed by atoms with Crippen LogP contribution in [0.2, 0.25) is 0 Å². The minimum Gasteiger partial charge on any atom is -0.356 e. The van der Waals surface area contributed by atoms with Gasteiger partial charge in [0.2, 0.25) is 5.91 Å². The first-order chi connectivity index (χ1) is 18.3. The number of nitrogens with zero attached hydrogens (tertiary/aromatic N) is 5. The van der Waals surface area contributed by atoms with Gasteiger partial charge in [-0.2, -0.15) is 0 Å². The van der Waals surface area contributed by atoms with Gasteiger partial charge in [0.15, 0.2) is 0 Å². The molecule has 3 saturated heterocycles. The van der Waals surface area contributed by atoms with E-state index < -0.39 is 5.92 Å². The molecule has 0 radical (unpaired) electrons. The van der Waals surface area contributed by atoms with Crippen molar-refractivity contribution in [2.75, 3.05) is 50.7 Å². The van der Waals surface area contributed by atoms with Gasteiger partial charge in [-0.3, -0.25) is 4.79 Å². The fraction of sp³-hybridized carbons (Fsp3) is 0.483. The molecule has 6 rings (SSSR count). The average Bonchev–Trinajstić information content (AvgIpc) is 3.36. The number of likely N-dealkylation sites (tertiary alicyclic amines) is 2. The van der Waals surface area contributed by atoms with Crippen LogP contribution in [0.1, 0.15) is 31.2 Å². The highest BCUT2D eigenvalue weighted by atomic mass is 19.3. The number of H-pyrrole nitrogens is 1. The molecule has 5 heterocycles. The van der Waals surface area contributed by atoms with Gasteiger partial charge in [-0.25, -0.2) is 18.7 Å². The predicted molar refractivity (Wildman–Crippen MR) is 144 cm³/mol. The van der Waals surface area contributed by atoms with Crippen molar-refractivity contribution in [2.45, 2.75) is 38.0 Å². The van der Waals surface area contributed by atoms with Crippen molar-refractivity contribution in [1.29, 1.82) is 0 Å². The maximum absolute atomic E-state index is 13.6. The summed E-state index contributed by atoms with van der Waals surface area (Å²) >= 11 is 0. The zero-order chi connectivity index (χ0) is 26.3. The number of amides is 1. The van der Waals surface area contributed by atoms with Gasteiger partial charge in [0.05, 0.1) is 5.39 Å². The third-order valence-electron chi connectivity index (χ3n) is 8.64. The van der Waals surface area contributed by atoms with Crippen molar-refractivity contribution in [1.82, 2.24) is 24.8 Å². The number of benzene rings is 1. The minimum absolute atomic E-state index is 0.0525. The standard InChI is InChI=1S/C29H34F2N6O/c1-2-25(38)37-18-28(19-37)8-13-35(14-9-28)12-7-21-3-5-22(6-4-21)24-17-23-26(34-24)32-20-33-27(23)36-15-10-29(30,31)11-16-36/h2-6,17,20H,1,7-16,18-19H2,(H,32,33,34). The largest absolute Gasteiger partial charge is 0.356 e. The Hall–Kier alpha value is -3.33. The van der Waals surface area contributed by atoms with Crippen molar-refractivity contribution in [3.05, 3.63) is 54.9 Å². The van der Waals surface area contributed by atoms with E-state index >= 15 is 0 Å². The quantitative estimate of drug-likeness (QED) is 0.485. The summed E-state index contributed by atoms with van der Waals surface area (Å²) in [5.41, 5.74) is 4.34. The number of piperidine rings is 2. The normalized spacial score (nSPS) is 21.0. The van der Waals surface area contributed by atoms with Crippen LogP contribution in [0, 0.1) is 5.41 Å². The van der Waals surface area contributed by atoms with Gasteiger partial charge in [0.1, 0.15) is 17.8 Å². The summed E-state index contributed by atoms with van der Waals surface area (Å²) in [6, 6.07) is 10.6. The molecule has 200 valence electrons. The van der Waals surface area contributed by atoms with E-state index in [-0.39, 0.29) is 18.7 Å². The van der Waals surface area contributed by atoms with Crippen molar-refractivity contribution < 1.29 is 13.6 Å². The first kappa shape index (κ1) is 25.0. The van der Waals surface area contributed by atoms with E-state index in [4.69, 9.17) is 0 Å². The van der Waals surface area contributed by atoms with Crippen LogP contribution in [0.4, 0.5) is 14.6 Å². The summed E-state index contributed by atoms with van der Waals surface area (Å²) in [5.74, 6) is -1.82. The third-order valence-corrected chi connectivity index (χ3v) is 8.64. The van der Waals surface area contributed by atoms with E-state index in [9.17, 15) is 13.6 Å². The number of rotatable bonds is 6. The van der Waals surface area contributed by atoms with Crippen molar-refractivity contribution in [3.8, 4) is 11.3 Å². The molecule has 38 heavy (non-hydrogen) atoms. The number of fused-ring (bicyclic) bond motifs is 1. The van der Waals surface area contributed by atoms with Gasteiger partial charge in [-0.15, -0.1) is 0 Å². The predicted octanol–water partition coefficient (Wildman–Crippen LogP) is 4.51. The number of carbonyl (C=O) groups excluding carboxylic acids is 1. The van der Waals surface area contributed by atoms with E-state index in [0.717, 1.165) is 80.1 Å². The molecule has 9 heteroatoms. The van der Waals surface area contributed by atoms with Crippen LogP contribution in [0.25, 0.3) is 22.3 Å². The number of alkyl halides is 2. The van der Waals surface area contributed by atoms with Crippen molar-refractivity contribution in [2.24, 2.45) is 5.41 Å². The molecule has 3 aromatic rings. The molecule has 2 aromatic heterocycles. The number of halogens is 2. The van der Waals surface area contributed by atoms with Gasteiger partial charge in [0, 0.05) is 56.7 Å². The highest BCUT2D eigenvalue weighted by Crippen LogP contribution is 2.40. The van der Waals surface area contributed by atoms with E-state index in [1.807, 2.05) is 15.9 Å². The maximum atomic E-state index is 13.6. The smallest absolute Gasteiger partial charge is 0.251 e. The molecule has 1 N–H and O–H groups in total. The number of hydrogen-bond acceptors (Lipinski definition) is 5. The van der Waals surface area contributed by atoms with Gasteiger partial charge in [0.25, 0.3) is 5.92 Å². The van der Waals surface area contributed by atoms with E-state index in [1.54, 1.807) is 0 Å². The molecule has 0 saturated carbocycles. The fourth-order valence-electron chi connectivity index (χ4n) is 6.13. The lowest BCUT2D eigenvalue weighted by atomic mass is 9.72. The molecule has 3 fully saturated rings. The van der Waals surface area contributed by atoms with Crippen molar-refractivity contribution in [3.63, 3.8) is 0 Å². The Kier molecular flexibility index (Phi) is 6.42. The molecule has 1 spiro atoms. The van der Waals surface area contributed by atoms with E-state index in [2.05, 4.69) is 50.7 Å². The Balaban J connectivity index is 1.05. The van der Waals surface area contributed by atoms with E-state index in [1.165, 1.54) is 18.0 Å². The molecular weight excluding hydrogens is 486 g/mol. The third kappa shape index (κ3) is 4.91. The first-order valence-corrected chi connectivity index (χ1v) is 13.5. The van der Waals surface area contributed by atoms with Crippen LogP contribution in [0.15, 0.2) is 49.3 Å². The van der Waals surface area contributed by atoms with Crippen LogP contribution in [0.5, 0.6) is 0 Å². The zero-order valence-electron chi connectivity index (χ0n) is 21.6. The van der Waals surface area contributed by atoms with Gasteiger partial charge in [-0.05, 0) is 55.6 Å². The second-order valence-electron chi connectivity index (χ2n) is 11.2. The molecule has 0 atom stereocenters. The van der Waals surface area contributed by atoms with Gasteiger partial charge >= 0.3 is 0 Å². The van der Waals surface area contributed by atoms with Crippen LogP contribution >= 0.6 is 0 Å². The van der Waals surface area contributed by atoms with Crippen LogP contribution < -0.4 is 4.90 Å². The summed E-state index contributed by atoms with van der Waals surface area (Å²) in [5, 5.41) is 0.864. The topological polar surface area (TPSA) is 68.4 Å². The Bertz CT molecular complexity index is 1310. The molecule has 3 aliphatic heterocycles. The Morgan fingerprint density at radius 2 is 1.74 bits per heavy atom. The SMILES string of the molecule is C=CC(=O)N1CC2(CCN(CCc3ccc(-c4cc5c(N6CCC(F)(F)CC6)ncnc5[nH]4)cc3)CC2)C1. The summed E-state index contributed by atoms with van der Waals surface area (Å²) in [6.45, 7) is 9.13. The van der Waals surface area contributed by atoms with Crippen LogP contribution in [-0.4, -0.2) is 82.4 Å². The molecule has 0 aliphatic carbocycles. The lowest BCUT2D eigenvalue weighted by Crippen LogP contribution is -2.61. The molecule has 0 bridgehead atoms.